The Morgan fingerprint density at radius 2 is 2.00 bits per heavy atom. The van der Waals surface area contributed by atoms with E-state index in [1.54, 1.807) is 42.4 Å². The zero-order chi connectivity index (χ0) is 17.1. The summed E-state index contributed by atoms with van der Waals surface area (Å²) in [5.74, 6) is 2.11. The largest absolute Gasteiger partial charge is 0.481 e. The number of carbonyl (C=O) groups is 1. The summed E-state index contributed by atoms with van der Waals surface area (Å²) in [7, 11) is 1.54. The number of hydrogen-bond donors (Lipinski definition) is 0. The summed E-state index contributed by atoms with van der Waals surface area (Å²) < 4.78 is 6.48. The highest BCUT2D eigenvalue weighted by atomic mass is 32.2. The molecule has 1 aliphatic rings. The molecule has 0 spiro atoms. The summed E-state index contributed by atoms with van der Waals surface area (Å²) in [6.45, 7) is 3.16. The Hall–Kier alpha value is -2.28. The van der Waals surface area contributed by atoms with Crippen molar-refractivity contribution in [1.82, 2.24) is 14.5 Å². The van der Waals surface area contributed by atoms with Crippen molar-refractivity contribution in [3.8, 4) is 11.6 Å². The van der Waals surface area contributed by atoms with Crippen LogP contribution >= 0.6 is 11.8 Å². The van der Waals surface area contributed by atoms with Gasteiger partial charge in [-0.15, -0.1) is 0 Å². The van der Waals surface area contributed by atoms with Gasteiger partial charge in [0.05, 0.1) is 19.0 Å². The summed E-state index contributed by atoms with van der Waals surface area (Å²) in [5.41, 5.74) is 1.22. The van der Waals surface area contributed by atoms with Gasteiger partial charge in [-0.05, 0) is 24.6 Å². The molecule has 0 unspecified atom stereocenters. The van der Waals surface area contributed by atoms with Crippen LogP contribution in [-0.4, -0.2) is 52.1 Å². The van der Waals surface area contributed by atoms with E-state index in [1.165, 1.54) is 11.7 Å². The molecule has 0 aromatic carbocycles. The highest BCUT2D eigenvalue weighted by Crippen LogP contribution is 2.15. The predicted molar refractivity (Wildman–Crippen MR) is 94.4 cm³/mol. The van der Waals surface area contributed by atoms with Gasteiger partial charge in [0.25, 0.3) is 11.5 Å². The molecule has 7 heteroatoms. The summed E-state index contributed by atoms with van der Waals surface area (Å²) in [5, 5.41) is 0. The van der Waals surface area contributed by atoms with Gasteiger partial charge < -0.3 is 9.64 Å². The molecule has 6 nitrogen and oxygen atoms in total. The second kappa shape index (κ2) is 7.09. The molecule has 1 amide bonds. The van der Waals surface area contributed by atoms with E-state index in [2.05, 4.69) is 4.98 Å². The van der Waals surface area contributed by atoms with Crippen LogP contribution in [-0.2, 0) is 0 Å². The van der Waals surface area contributed by atoms with Gasteiger partial charge in [-0.25, -0.2) is 4.98 Å². The fourth-order valence-corrected chi connectivity index (χ4v) is 3.55. The van der Waals surface area contributed by atoms with Gasteiger partial charge in [-0.1, -0.05) is 0 Å². The molecular weight excluding hydrogens is 326 g/mol. The SMILES string of the molecule is COc1ccc(-n2ccc(C)c(C(=O)N3CCSCC3)c2=O)cn1. The number of hydrogen-bond acceptors (Lipinski definition) is 5. The van der Waals surface area contributed by atoms with Crippen LogP contribution in [0.4, 0.5) is 0 Å². The number of carbonyl (C=O) groups excluding carboxylic acids is 1. The number of nitrogens with zero attached hydrogens (tertiary/aromatic N) is 3. The van der Waals surface area contributed by atoms with Gasteiger partial charge in [-0.2, -0.15) is 11.8 Å². The number of methoxy groups -OCH3 is 1. The lowest BCUT2D eigenvalue weighted by Crippen LogP contribution is -2.41. The minimum Gasteiger partial charge on any atom is -0.481 e. The number of ether oxygens (including phenoxy) is 1. The first-order chi connectivity index (χ1) is 11.6. The summed E-state index contributed by atoms with van der Waals surface area (Å²) in [4.78, 5) is 31.6. The number of thioether (sulfide) groups is 1. The molecule has 0 N–H and O–H groups in total. The highest BCUT2D eigenvalue weighted by Gasteiger charge is 2.23. The molecule has 0 saturated carbocycles. The second-order valence-corrected chi connectivity index (χ2v) is 6.74. The Morgan fingerprint density at radius 3 is 2.62 bits per heavy atom. The summed E-state index contributed by atoms with van der Waals surface area (Å²) in [6, 6.07) is 5.22. The average Bonchev–Trinajstić information content (AvgIpc) is 2.63. The molecule has 2 aromatic heterocycles. The first-order valence-corrected chi connectivity index (χ1v) is 8.87. The second-order valence-electron chi connectivity index (χ2n) is 5.51. The zero-order valence-corrected chi connectivity index (χ0v) is 14.5. The van der Waals surface area contributed by atoms with Gasteiger partial charge in [0.15, 0.2) is 0 Å². The first kappa shape index (κ1) is 16.6. The third kappa shape index (κ3) is 3.17. The molecular formula is C17H19N3O3S. The van der Waals surface area contributed by atoms with Crippen LogP contribution < -0.4 is 10.3 Å². The van der Waals surface area contributed by atoms with Crippen molar-refractivity contribution in [2.24, 2.45) is 0 Å². The Balaban J connectivity index is 2.01. The van der Waals surface area contributed by atoms with E-state index in [0.717, 1.165) is 11.5 Å². The van der Waals surface area contributed by atoms with E-state index >= 15 is 0 Å². The van der Waals surface area contributed by atoms with E-state index in [-0.39, 0.29) is 17.0 Å². The number of rotatable bonds is 3. The molecule has 0 bridgehead atoms. The van der Waals surface area contributed by atoms with Crippen LogP contribution in [0.25, 0.3) is 5.69 Å². The van der Waals surface area contributed by atoms with E-state index in [1.807, 2.05) is 11.8 Å². The fourth-order valence-electron chi connectivity index (χ4n) is 2.65. The Labute approximate surface area is 144 Å². The van der Waals surface area contributed by atoms with Crippen molar-refractivity contribution in [1.29, 1.82) is 0 Å². The van der Waals surface area contributed by atoms with Crippen LogP contribution in [0.1, 0.15) is 15.9 Å². The molecule has 3 rings (SSSR count). The normalized spacial score (nSPS) is 14.5. The lowest BCUT2D eigenvalue weighted by molar-refractivity contribution is 0.0769. The predicted octanol–water partition coefficient (Wildman–Crippen LogP) is 1.74. The van der Waals surface area contributed by atoms with Crippen molar-refractivity contribution in [3.63, 3.8) is 0 Å². The maximum absolute atomic E-state index is 12.9. The van der Waals surface area contributed by atoms with Gasteiger partial charge in [-0.3, -0.25) is 14.2 Å². The average molecular weight is 345 g/mol. The smallest absolute Gasteiger partial charge is 0.268 e. The Kier molecular flexibility index (Phi) is 4.89. The standard InChI is InChI=1S/C17H19N3O3S/c1-12-5-6-20(13-3-4-14(23-2)18-11-13)17(22)15(12)16(21)19-7-9-24-10-8-19/h3-6,11H,7-10H2,1-2H3. The van der Waals surface area contributed by atoms with Gasteiger partial charge in [0, 0.05) is 36.9 Å². The van der Waals surface area contributed by atoms with Crippen molar-refractivity contribution < 1.29 is 9.53 Å². The van der Waals surface area contributed by atoms with E-state index in [9.17, 15) is 9.59 Å². The van der Waals surface area contributed by atoms with Crippen molar-refractivity contribution >= 4 is 17.7 Å². The minimum atomic E-state index is -0.315. The molecule has 0 radical (unpaired) electrons. The zero-order valence-electron chi connectivity index (χ0n) is 13.7. The topological polar surface area (TPSA) is 64.4 Å². The van der Waals surface area contributed by atoms with Crippen molar-refractivity contribution in [2.75, 3.05) is 31.7 Å². The molecule has 126 valence electrons. The third-order valence-corrected chi connectivity index (χ3v) is 4.96. The van der Waals surface area contributed by atoms with Gasteiger partial charge in [0.2, 0.25) is 5.88 Å². The van der Waals surface area contributed by atoms with Gasteiger partial charge in [0.1, 0.15) is 5.56 Å². The molecule has 24 heavy (non-hydrogen) atoms. The van der Waals surface area contributed by atoms with E-state index in [0.29, 0.717) is 30.2 Å². The molecule has 3 heterocycles. The third-order valence-electron chi connectivity index (χ3n) is 4.02. The van der Waals surface area contributed by atoms with Crippen LogP contribution in [0, 0.1) is 6.92 Å². The molecule has 1 saturated heterocycles. The fraction of sp³-hybridized carbons (Fsp3) is 0.353. The maximum atomic E-state index is 12.9. The quantitative estimate of drug-likeness (QED) is 0.848. The summed E-state index contributed by atoms with van der Waals surface area (Å²) in [6.07, 6.45) is 3.23. The Bertz CT molecular complexity index is 796. The highest BCUT2D eigenvalue weighted by molar-refractivity contribution is 7.99. The molecule has 1 fully saturated rings. The van der Waals surface area contributed by atoms with Crippen molar-refractivity contribution in [3.05, 3.63) is 52.1 Å². The van der Waals surface area contributed by atoms with E-state index in [4.69, 9.17) is 4.74 Å². The van der Waals surface area contributed by atoms with Crippen molar-refractivity contribution in [2.45, 2.75) is 6.92 Å². The monoisotopic (exact) mass is 345 g/mol. The molecule has 0 atom stereocenters. The lowest BCUT2D eigenvalue weighted by Gasteiger charge is -2.26. The van der Waals surface area contributed by atoms with Crippen LogP contribution in [0.15, 0.2) is 35.4 Å². The first-order valence-electron chi connectivity index (χ1n) is 7.71. The maximum Gasteiger partial charge on any atom is 0.268 e. The lowest BCUT2D eigenvalue weighted by atomic mass is 10.1. The summed E-state index contributed by atoms with van der Waals surface area (Å²) >= 11 is 1.83. The molecule has 1 aliphatic heterocycles. The minimum absolute atomic E-state index is 0.186. The van der Waals surface area contributed by atoms with Gasteiger partial charge >= 0.3 is 0 Å². The Morgan fingerprint density at radius 1 is 1.25 bits per heavy atom. The van der Waals surface area contributed by atoms with Crippen LogP contribution in [0.2, 0.25) is 0 Å². The molecule has 0 aliphatic carbocycles. The number of aromatic nitrogens is 2. The number of aryl methyl sites for hydroxylation is 1. The number of pyridine rings is 2. The van der Waals surface area contributed by atoms with Crippen LogP contribution in [0.5, 0.6) is 5.88 Å². The number of amides is 1. The van der Waals surface area contributed by atoms with E-state index < -0.39 is 0 Å². The van der Waals surface area contributed by atoms with Crippen LogP contribution in [0.3, 0.4) is 0 Å². The molecule has 2 aromatic rings.